The van der Waals surface area contributed by atoms with E-state index in [2.05, 4.69) is 23.9 Å². The van der Waals surface area contributed by atoms with Crippen LogP contribution in [-0.2, 0) is 9.63 Å². The van der Waals surface area contributed by atoms with Gasteiger partial charge in [0, 0.05) is 24.9 Å². The summed E-state index contributed by atoms with van der Waals surface area (Å²) in [5.74, 6) is -0.516. The van der Waals surface area contributed by atoms with Gasteiger partial charge in [-0.15, -0.1) is 0 Å². The van der Waals surface area contributed by atoms with Gasteiger partial charge in [-0.3, -0.25) is 4.79 Å². The van der Waals surface area contributed by atoms with Crippen LogP contribution in [0.4, 0.5) is 4.39 Å². The fourth-order valence-corrected chi connectivity index (χ4v) is 4.01. The van der Waals surface area contributed by atoms with Crippen LogP contribution in [0.3, 0.4) is 0 Å². The summed E-state index contributed by atoms with van der Waals surface area (Å²) in [6.45, 7) is 6.92. The molecule has 1 aromatic carbocycles. The lowest BCUT2D eigenvalue weighted by Crippen LogP contribution is -2.46. The van der Waals surface area contributed by atoms with E-state index in [-0.39, 0.29) is 11.9 Å². The zero-order chi connectivity index (χ0) is 18.7. The van der Waals surface area contributed by atoms with Gasteiger partial charge in [0.1, 0.15) is 11.9 Å². The monoisotopic (exact) mass is 362 g/mol. The standard InChI is InChI=1S/C20H27FN2O3/c1-14(2)13-23-9-7-20(8-10-23,19(24)25)12-15-11-18(22-26-15)16-5-3-4-6-17(16)21/h3-6,14-15H,7-13H2,1-2H3,(H,24,25). The van der Waals surface area contributed by atoms with E-state index in [1.165, 1.54) is 6.07 Å². The van der Waals surface area contributed by atoms with E-state index in [9.17, 15) is 14.3 Å². The van der Waals surface area contributed by atoms with E-state index < -0.39 is 11.4 Å². The third kappa shape index (κ3) is 4.06. The average Bonchev–Trinajstić information content (AvgIpc) is 3.04. The Morgan fingerprint density at radius 1 is 1.38 bits per heavy atom. The van der Waals surface area contributed by atoms with Crippen LogP contribution in [0.1, 0.15) is 45.1 Å². The lowest BCUT2D eigenvalue weighted by atomic mass is 9.73. The minimum atomic E-state index is -0.779. The van der Waals surface area contributed by atoms with Gasteiger partial charge in [0.25, 0.3) is 0 Å². The van der Waals surface area contributed by atoms with Crippen LogP contribution in [0.15, 0.2) is 29.4 Å². The summed E-state index contributed by atoms with van der Waals surface area (Å²) in [4.78, 5) is 19.9. The normalized spacial score (nSPS) is 22.9. The van der Waals surface area contributed by atoms with Crippen LogP contribution in [0.25, 0.3) is 0 Å². The van der Waals surface area contributed by atoms with Crippen LogP contribution in [0.5, 0.6) is 0 Å². The predicted octanol–water partition coefficient (Wildman–Crippen LogP) is 3.53. The molecule has 6 heteroatoms. The zero-order valence-corrected chi connectivity index (χ0v) is 15.4. The molecule has 0 saturated carbocycles. The van der Waals surface area contributed by atoms with Gasteiger partial charge in [-0.1, -0.05) is 37.2 Å². The first kappa shape index (κ1) is 18.8. The summed E-state index contributed by atoms with van der Waals surface area (Å²) >= 11 is 0. The van der Waals surface area contributed by atoms with Crippen molar-refractivity contribution in [1.29, 1.82) is 0 Å². The van der Waals surface area contributed by atoms with Gasteiger partial charge in [-0.25, -0.2) is 4.39 Å². The highest BCUT2D eigenvalue weighted by molar-refractivity contribution is 6.01. The van der Waals surface area contributed by atoms with Crippen LogP contribution < -0.4 is 0 Å². The van der Waals surface area contributed by atoms with Crippen molar-refractivity contribution in [3.63, 3.8) is 0 Å². The minimum Gasteiger partial charge on any atom is -0.481 e. The number of carboxylic acid groups (broad SMARTS) is 1. The van der Waals surface area contributed by atoms with Gasteiger partial charge in [-0.05, 0) is 37.9 Å². The molecule has 1 saturated heterocycles. The molecule has 0 amide bonds. The van der Waals surface area contributed by atoms with E-state index in [1.807, 2.05) is 0 Å². The second-order valence-corrected chi connectivity index (χ2v) is 7.93. The largest absolute Gasteiger partial charge is 0.481 e. The number of rotatable bonds is 6. The van der Waals surface area contributed by atoms with E-state index in [0.717, 1.165) is 19.6 Å². The minimum absolute atomic E-state index is 0.308. The van der Waals surface area contributed by atoms with Crippen molar-refractivity contribution in [3.05, 3.63) is 35.6 Å². The van der Waals surface area contributed by atoms with Crippen molar-refractivity contribution in [1.82, 2.24) is 4.90 Å². The number of carbonyl (C=O) groups is 1. The third-order valence-corrected chi connectivity index (χ3v) is 5.43. The first-order valence-electron chi connectivity index (χ1n) is 9.33. The molecular formula is C20H27FN2O3. The Labute approximate surface area is 153 Å². The van der Waals surface area contributed by atoms with Crippen molar-refractivity contribution in [3.8, 4) is 0 Å². The first-order chi connectivity index (χ1) is 12.4. The van der Waals surface area contributed by atoms with Crippen LogP contribution in [0, 0.1) is 17.2 Å². The summed E-state index contributed by atoms with van der Waals surface area (Å²) < 4.78 is 13.9. The van der Waals surface area contributed by atoms with Crippen LogP contribution in [0.2, 0.25) is 0 Å². The number of carboxylic acids is 1. The smallest absolute Gasteiger partial charge is 0.309 e. The summed E-state index contributed by atoms with van der Waals surface area (Å²) in [5, 5.41) is 13.9. The zero-order valence-electron chi connectivity index (χ0n) is 15.4. The lowest BCUT2D eigenvalue weighted by Gasteiger charge is -2.40. The second kappa shape index (κ2) is 7.74. The number of halogens is 1. The SMILES string of the molecule is CC(C)CN1CCC(CC2CC(c3ccccc3F)=NO2)(C(=O)O)CC1. The van der Waals surface area contributed by atoms with Crippen molar-refractivity contribution >= 4 is 11.7 Å². The Hall–Kier alpha value is -1.95. The topological polar surface area (TPSA) is 62.1 Å². The van der Waals surface area contributed by atoms with E-state index in [4.69, 9.17) is 4.84 Å². The van der Waals surface area contributed by atoms with E-state index in [0.29, 0.717) is 42.9 Å². The van der Waals surface area contributed by atoms with Gasteiger partial charge in [-0.2, -0.15) is 0 Å². The molecule has 5 nitrogen and oxygen atoms in total. The fourth-order valence-electron chi connectivity index (χ4n) is 4.01. The predicted molar refractivity (Wildman–Crippen MR) is 97.6 cm³/mol. The summed E-state index contributed by atoms with van der Waals surface area (Å²) in [6.07, 6.45) is 1.79. The van der Waals surface area contributed by atoms with Gasteiger partial charge >= 0.3 is 5.97 Å². The molecule has 0 aromatic heterocycles. The fraction of sp³-hybridized carbons (Fsp3) is 0.600. The Balaban J connectivity index is 1.62. The highest BCUT2D eigenvalue weighted by atomic mass is 19.1. The second-order valence-electron chi connectivity index (χ2n) is 7.93. The molecule has 142 valence electrons. The highest BCUT2D eigenvalue weighted by Crippen LogP contribution is 2.39. The van der Waals surface area contributed by atoms with Gasteiger partial charge in [0.2, 0.25) is 0 Å². The molecule has 26 heavy (non-hydrogen) atoms. The molecule has 1 unspecified atom stereocenters. The molecule has 0 radical (unpaired) electrons. The molecule has 0 bridgehead atoms. The number of oxime groups is 1. The quantitative estimate of drug-likeness (QED) is 0.841. The molecule has 1 N–H and O–H groups in total. The number of hydrogen-bond donors (Lipinski definition) is 1. The molecule has 2 heterocycles. The van der Waals surface area contributed by atoms with Gasteiger partial charge < -0.3 is 14.8 Å². The lowest BCUT2D eigenvalue weighted by molar-refractivity contribution is -0.155. The molecule has 1 aromatic rings. The number of likely N-dealkylation sites (tertiary alicyclic amines) is 1. The molecule has 2 aliphatic heterocycles. The first-order valence-corrected chi connectivity index (χ1v) is 9.33. The van der Waals surface area contributed by atoms with Gasteiger partial charge in [0.15, 0.2) is 0 Å². The Morgan fingerprint density at radius 2 is 2.08 bits per heavy atom. The number of piperidine rings is 1. The summed E-state index contributed by atoms with van der Waals surface area (Å²) in [7, 11) is 0. The Bertz CT molecular complexity index is 681. The summed E-state index contributed by atoms with van der Waals surface area (Å²) in [5.41, 5.74) is 0.218. The number of benzene rings is 1. The van der Waals surface area contributed by atoms with Crippen LogP contribution in [-0.4, -0.2) is 47.4 Å². The van der Waals surface area contributed by atoms with E-state index >= 15 is 0 Å². The third-order valence-electron chi connectivity index (χ3n) is 5.43. The van der Waals surface area contributed by atoms with Crippen molar-refractivity contribution in [2.24, 2.45) is 16.5 Å². The molecule has 0 spiro atoms. The molecule has 1 fully saturated rings. The maximum atomic E-state index is 13.9. The maximum Gasteiger partial charge on any atom is 0.309 e. The summed E-state index contributed by atoms with van der Waals surface area (Å²) in [6, 6.07) is 6.47. The Kier molecular flexibility index (Phi) is 5.61. The number of hydrogen-bond acceptors (Lipinski definition) is 4. The molecular weight excluding hydrogens is 335 g/mol. The molecule has 3 rings (SSSR count). The number of aliphatic carboxylic acids is 1. The molecule has 0 aliphatic carbocycles. The maximum absolute atomic E-state index is 13.9. The molecule has 2 aliphatic rings. The average molecular weight is 362 g/mol. The molecule has 1 atom stereocenters. The number of nitrogens with zero attached hydrogens (tertiary/aromatic N) is 2. The van der Waals surface area contributed by atoms with Crippen molar-refractivity contribution < 1.29 is 19.1 Å². The van der Waals surface area contributed by atoms with E-state index in [1.54, 1.807) is 18.2 Å². The van der Waals surface area contributed by atoms with Crippen molar-refractivity contribution in [2.45, 2.75) is 45.6 Å². The highest BCUT2D eigenvalue weighted by Gasteiger charge is 2.45. The van der Waals surface area contributed by atoms with Crippen LogP contribution >= 0.6 is 0 Å². The Morgan fingerprint density at radius 3 is 2.69 bits per heavy atom. The van der Waals surface area contributed by atoms with Crippen molar-refractivity contribution in [2.75, 3.05) is 19.6 Å². The van der Waals surface area contributed by atoms with Gasteiger partial charge in [0.05, 0.1) is 11.1 Å².